The van der Waals surface area contributed by atoms with Crippen LogP contribution in [0.25, 0.3) is 10.2 Å². The predicted molar refractivity (Wildman–Crippen MR) is 110 cm³/mol. The Morgan fingerprint density at radius 3 is 2.78 bits per heavy atom. The molecule has 0 aliphatic rings. The van der Waals surface area contributed by atoms with Crippen LogP contribution in [0.2, 0.25) is 4.34 Å². The third kappa shape index (κ3) is 3.66. The molecule has 27 heavy (non-hydrogen) atoms. The molecule has 0 N–H and O–H groups in total. The van der Waals surface area contributed by atoms with Gasteiger partial charge in [-0.15, -0.1) is 11.3 Å². The summed E-state index contributed by atoms with van der Waals surface area (Å²) in [6, 6.07) is 13.0. The number of hydrogen-bond donors (Lipinski definition) is 0. The second kappa shape index (κ2) is 7.64. The van der Waals surface area contributed by atoms with Crippen LogP contribution in [0.4, 0.5) is 5.13 Å². The smallest absolute Gasteiger partial charge is 0.270 e. The third-order valence-corrected chi connectivity index (χ3v) is 6.18. The van der Waals surface area contributed by atoms with Crippen LogP contribution in [0.15, 0.2) is 54.9 Å². The SMILES string of the molecule is COc1cccc2sc(N(Cc3cccnc3)C(=O)c3ccc(Cl)s3)nc12. The van der Waals surface area contributed by atoms with Crippen LogP contribution in [-0.4, -0.2) is 23.0 Å². The average molecular weight is 416 g/mol. The molecule has 0 spiro atoms. The fourth-order valence-corrected chi connectivity index (χ4v) is 4.63. The zero-order chi connectivity index (χ0) is 18.8. The molecule has 0 bridgehead atoms. The van der Waals surface area contributed by atoms with Crippen molar-refractivity contribution in [3.8, 4) is 5.75 Å². The molecule has 0 aliphatic heterocycles. The normalized spacial score (nSPS) is 10.9. The minimum Gasteiger partial charge on any atom is -0.494 e. The van der Waals surface area contributed by atoms with E-state index in [1.54, 1.807) is 36.5 Å². The number of rotatable bonds is 5. The number of anilines is 1. The van der Waals surface area contributed by atoms with Crippen molar-refractivity contribution in [3.63, 3.8) is 0 Å². The van der Waals surface area contributed by atoms with Gasteiger partial charge in [-0.05, 0) is 35.9 Å². The van der Waals surface area contributed by atoms with Gasteiger partial charge in [-0.3, -0.25) is 14.7 Å². The van der Waals surface area contributed by atoms with Crippen LogP contribution < -0.4 is 9.64 Å². The molecule has 4 rings (SSSR count). The van der Waals surface area contributed by atoms with E-state index >= 15 is 0 Å². The summed E-state index contributed by atoms with van der Waals surface area (Å²) < 4.78 is 6.93. The van der Waals surface area contributed by atoms with Gasteiger partial charge in [-0.1, -0.05) is 35.1 Å². The first-order chi connectivity index (χ1) is 13.2. The van der Waals surface area contributed by atoms with Crippen LogP contribution in [0, 0.1) is 0 Å². The highest BCUT2D eigenvalue weighted by Gasteiger charge is 2.24. The summed E-state index contributed by atoms with van der Waals surface area (Å²) in [6.07, 6.45) is 3.45. The second-order valence-corrected chi connectivity index (χ2v) is 8.38. The number of aromatic nitrogens is 2. The largest absolute Gasteiger partial charge is 0.494 e. The molecule has 1 amide bonds. The van der Waals surface area contributed by atoms with E-state index in [0.29, 0.717) is 26.6 Å². The number of nitrogens with zero attached hydrogens (tertiary/aromatic N) is 3. The number of ether oxygens (including phenoxy) is 1. The van der Waals surface area contributed by atoms with Gasteiger partial charge in [0.05, 0.1) is 27.6 Å². The van der Waals surface area contributed by atoms with Crippen LogP contribution in [0.3, 0.4) is 0 Å². The number of fused-ring (bicyclic) bond motifs is 1. The molecule has 4 aromatic rings. The van der Waals surface area contributed by atoms with E-state index in [0.717, 1.165) is 15.8 Å². The minimum atomic E-state index is -0.145. The standard InChI is InChI=1S/C19H14ClN3O2S2/c1-25-13-5-2-6-14-17(13)22-19(27-14)23(11-12-4-3-9-21-10-12)18(24)15-7-8-16(20)26-15/h2-10H,11H2,1H3. The van der Waals surface area contributed by atoms with Crippen molar-refractivity contribution in [3.05, 3.63) is 69.6 Å². The van der Waals surface area contributed by atoms with Crippen molar-refractivity contribution in [1.82, 2.24) is 9.97 Å². The van der Waals surface area contributed by atoms with Gasteiger partial charge >= 0.3 is 0 Å². The van der Waals surface area contributed by atoms with Gasteiger partial charge in [-0.2, -0.15) is 0 Å². The molecule has 1 aromatic carbocycles. The van der Waals surface area contributed by atoms with E-state index in [2.05, 4.69) is 9.97 Å². The molecule has 8 heteroatoms. The summed E-state index contributed by atoms with van der Waals surface area (Å²) in [6.45, 7) is 0.365. The number of amides is 1. The number of thiazole rings is 1. The zero-order valence-corrected chi connectivity index (χ0v) is 16.6. The number of halogens is 1. The second-order valence-electron chi connectivity index (χ2n) is 5.66. The molecule has 0 saturated carbocycles. The summed E-state index contributed by atoms with van der Waals surface area (Å²) in [5.41, 5.74) is 1.66. The van der Waals surface area contributed by atoms with Crippen molar-refractivity contribution in [2.75, 3.05) is 12.0 Å². The fourth-order valence-electron chi connectivity index (χ4n) is 2.65. The summed E-state index contributed by atoms with van der Waals surface area (Å²) in [5, 5.41) is 0.605. The summed E-state index contributed by atoms with van der Waals surface area (Å²) >= 11 is 8.73. The van der Waals surface area contributed by atoms with Crippen LogP contribution in [0.1, 0.15) is 15.2 Å². The number of thiophene rings is 1. The molecule has 3 aromatic heterocycles. The van der Waals surface area contributed by atoms with Gasteiger partial charge in [0, 0.05) is 12.4 Å². The maximum atomic E-state index is 13.2. The Bertz CT molecular complexity index is 1090. The number of para-hydroxylation sites is 1. The predicted octanol–water partition coefficient (Wildman–Crippen LogP) is 5.26. The number of carbonyl (C=O) groups is 1. The molecule has 3 heterocycles. The Morgan fingerprint density at radius 1 is 1.19 bits per heavy atom. The van der Waals surface area contributed by atoms with Gasteiger partial charge < -0.3 is 4.74 Å². The lowest BCUT2D eigenvalue weighted by Crippen LogP contribution is -2.29. The number of benzene rings is 1. The number of hydrogen-bond acceptors (Lipinski definition) is 6. The van der Waals surface area contributed by atoms with Gasteiger partial charge in [0.25, 0.3) is 5.91 Å². The lowest BCUT2D eigenvalue weighted by molar-refractivity contribution is 0.0989. The Balaban J connectivity index is 1.78. The number of pyridine rings is 1. The van der Waals surface area contributed by atoms with E-state index in [1.165, 1.54) is 22.7 Å². The molecule has 0 aliphatic carbocycles. The van der Waals surface area contributed by atoms with Gasteiger partial charge in [0.15, 0.2) is 5.13 Å². The summed E-state index contributed by atoms with van der Waals surface area (Å²) in [4.78, 5) is 24.2. The summed E-state index contributed by atoms with van der Waals surface area (Å²) in [7, 11) is 1.61. The third-order valence-electron chi connectivity index (χ3n) is 3.91. The fraction of sp³-hybridized carbons (Fsp3) is 0.105. The number of carbonyl (C=O) groups excluding carboxylic acids is 1. The molecule has 0 atom stereocenters. The topological polar surface area (TPSA) is 55.3 Å². The molecule has 136 valence electrons. The molecular formula is C19H14ClN3O2S2. The van der Waals surface area contributed by atoms with Crippen molar-refractivity contribution in [2.45, 2.75) is 6.54 Å². The first kappa shape index (κ1) is 17.9. The average Bonchev–Trinajstić information content (AvgIpc) is 3.32. The molecule has 0 unspecified atom stereocenters. The monoisotopic (exact) mass is 415 g/mol. The minimum absolute atomic E-state index is 0.145. The first-order valence-corrected chi connectivity index (χ1v) is 10.1. The highest BCUT2D eigenvalue weighted by atomic mass is 35.5. The Kier molecular flexibility index (Phi) is 5.07. The van der Waals surface area contributed by atoms with Gasteiger partial charge in [0.1, 0.15) is 11.3 Å². The van der Waals surface area contributed by atoms with E-state index < -0.39 is 0 Å². The quantitative estimate of drug-likeness (QED) is 0.446. The summed E-state index contributed by atoms with van der Waals surface area (Å²) in [5.74, 6) is 0.539. The molecular weight excluding hydrogens is 402 g/mol. The van der Waals surface area contributed by atoms with Gasteiger partial charge in [0.2, 0.25) is 0 Å². The van der Waals surface area contributed by atoms with Crippen LogP contribution in [-0.2, 0) is 6.54 Å². The maximum absolute atomic E-state index is 13.2. The first-order valence-electron chi connectivity index (χ1n) is 8.05. The molecule has 0 saturated heterocycles. The van der Waals surface area contributed by atoms with Gasteiger partial charge in [-0.25, -0.2) is 4.98 Å². The molecule has 5 nitrogen and oxygen atoms in total. The van der Waals surface area contributed by atoms with Crippen LogP contribution in [0.5, 0.6) is 5.75 Å². The van der Waals surface area contributed by atoms with Crippen molar-refractivity contribution >= 4 is 55.5 Å². The maximum Gasteiger partial charge on any atom is 0.270 e. The van der Waals surface area contributed by atoms with Crippen molar-refractivity contribution in [2.24, 2.45) is 0 Å². The van der Waals surface area contributed by atoms with E-state index in [4.69, 9.17) is 16.3 Å². The zero-order valence-electron chi connectivity index (χ0n) is 14.3. The Labute approximate surface area is 168 Å². The van der Waals surface area contributed by atoms with Crippen molar-refractivity contribution < 1.29 is 9.53 Å². The van der Waals surface area contributed by atoms with E-state index in [9.17, 15) is 4.79 Å². The Hall–Kier alpha value is -2.48. The van der Waals surface area contributed by atoms with Crippen LogP contribution >= 0.6 is 34.3 Å². The Morgan fingerprint density at radius 2 is 2.07 bits per heavy atom. The highest BCUT2D eigenvalue weighted by Crippen LogP contribution is 2.36. The lowest BCUT2D eigenvalue weighted by Gasteiger charge is -2.19. The van der Waals surface area contributed by atoms with E-state index in [1.807, 2.05) is 30.3 Å². The highest BCUT2D eigenvalue weighted by molar-refractivity contribution is 7.22. The van der Waals surface area contributed by atoms with Crippen molar-refractivity contribution in [1.29, 1.82) is 0 Å². The number of methoxy groups -OCH3 is 1. The molecule has 0 fully saturated rings. The van der Waals surface area contributed by atoms with E-state index in [-0.39, 0.29) is 5.91 Å². The lowest BCUT2D eigenvalue weighted by atomic mass is 10.2. The molecule has 0 radical (unpaired) electrons.